The van der Waals surface area contributed by atoms with Gasteiger partial charge in [-0.05, 0) is 32.1 Å². The van der Waals surface area contributed by atoms with E-state index in [1.807, 2.05) is 0 Å². The quantitative estimate of drug-likeness (QED) is 0.516. The highest BCUT2D eigenvalue weighted by atomic mass is 16.1. The van der Waals surface area contributed by atoms with Gasteiger partial charge in [-0.2, -0.15) is 0 Å². The number of carbonyl (C=O) groups excluding carboxylic acids is 1. The van der Waals surface area contributed by atoms with Gasteiger partial charge in [0.05, 0.1) is 0 Å². The monoisotopic (exact) mass is 174 g/mol. The molecular formula is C12H14O. The molecule has 0 aromatic carbocycles. The predicted octanol–water partition coefficient (Wildman–Crippen LogP) is 2.49. The van der Waals surface area contributed by atoms with Crippen molar-refractivity contribution < 1.29 is 4.79 Å². The molecule has 3 aliphatic carbocycles. The predicted molar refractivity (Wildman–Crippen MR) is 51.2 cm³/mol. The Bertz CT molecular complexity index is 337. The van der Waals surface area contributed by atoms with E-state index in [2.05, 4.69) is 25.2 Å². The van der Waals surface area contributed by atoms with Gasteiger partial charge < -0.3 is 0 Å². The first kappa shape index (κ1) is 7.54. The van der Waals surface area contributed by atoms with Crippen LogP contribution in [0.25, 0.3) is 0 Å². The second kappa shape index (κ2) is 2.14. The van der Waals surface area contributed by atoms with Crippen LogP contribution in [0.4, 0.5) is 0 Å². The summed E-state index contributed by atoms with van der Waals surface area (Å²) in [4.78, 5) is 12.1. The smallest absolute Gasteiger partial charge is 0.147 e. The summed E-state index contributed by atoms with van der Waals surface area (Å²) in [6, 6.07) is 0. The number of ketones is 1. The van der Waals surface area contributed by atoms with Crippen molar-refractivity contribution in [2.45, 2.75) is 26.2 Å². The number of hydrogen-bond donors (Lipinski definition) is 0. The van der Waals surface area contributed by atoms with E-state index < -0.39 is 0 Å². The van der Waals surface area contributed by atoms with E-state index in [0.29, 0.717) is 11.7 Å². The van der Waals surface area contributed by atoms with Gasteiger partial charge >= 0.3 is 0 Å². The summed E-state index contributed by atoms with van der Waals surface area (Å²) in [7, 11) is 0. The van der Waals surface area contributed by atoms with Crippen LogP contribution in [0.1, 0.15) is 26.2 Å². The molecule has 2 bridgehead atoms. The van der Waals surface area contributed by atoms with Crippen LogP contribution >= 0.6 is 0 Å². The molecule has 0 heterocycles. The zero-order valence-corrected chi connectivity index (χ0v) is 7.92. The van der Waals surface area contributed by atoms with Gasteiger partial charge in [0.1, 0.15) is 5.78 Å². The van der Waals surface area contributed by atoms with Crippen LogP contribution in [0.3, 0.4) is 0 Å². The van der Waals surface area contributed by atoms with Gasteiger partial charge in [-0.3, -0.25) is 4.79 Å². The molecule has 0 N–H and O–H groups in total. The normalized spacial score (nSPS) is 46.5. The van der Waals surface area contributed by atoms with Crippen molar-refractivity contribution in [3.63, 3.8) is 0 Å². The zero-order chi connectivity index (χ0) is 9.05. The molecule has 3 atom stereocenters. The van der Waals surface area contributed by atoms with Crippen molar-refractivity contribution in [3.8, 4) is 0 Å². The zero-order valence-electron chi connectivity index (χ0n) is 7.92. The topological polar surface area (TPSA) is 17.1 Å². The summed E-state index contributed by atoms with van der Waals surface area (Å²) >= 11 is 0. The second-order valence-corrected chi connectivity index (χ2v) is 4.70. The Morgan fingerprint density at radius 3 is 3.15 bits per heavy atom. The number of carbonyl (C=O) groups is 1. The van der Waals surface area contributed by atoms with Crippen LogP contribution in [0.15, 0.2) is 23.8 Å². The Morgan fingerprint density at radius 2 is 2.31 bits per heavy atom. The molecule has 1 saturated carbocycles. The highest BCUT2D eigenvalue weighted by Gasteiger charge is 2.56. The van der Waals surface area contributed by atoms with Gasteiger partial charge in [-0.25, -0.2) is 0 Å². The average molecular weight is 174 g/mol. The summed E-state index contributed by atoms with van der Waals surface area (Å²) < 4.78 is 0. The van der Waals surface area contributed by atoms with Gasteiger partial charge in [0.15, 0.2) is 0 Å². The number of hydrogen-bond acceptors (Lipinski definition) is 1. The average Bonchev–Trinajstić information content (AvgIpc) is 2.49. The molecule has 0 unspecified atom stereocenters. The fraction of sp³-hybridized carbons (Fsp3) is 0.583. The third-order valence-corrected chi connectivity index (χ3v) is 4.17. The first-order valence-electron chi connectivity index (χ1n) is 5.12. The largest absolute Gasteiger partial charge is 0.298 e. The molecular weight excluding hydrogens is 160 g/mol. The van der Waals surface area contributed by atoms with E-state index in [1.54, 1.807) is 0 Å². The highest BCUT2D eigenvalue weighted by molar-refractivity contribution is 5.93. The van der Waals surface area contributed by atoms with Crippen LogP contribution in [0.2, 0.25) is 0 Å². The Morgan fingerprint density at radius 1 is 1.46 bits per heavy atom. The maximum Gasteiger partial charge on any atom is 0.147 e. The van der Waals surface area contributed by atoms with Gasteiger partial charge in [-0.15, -0.1) is 0 Å². The van der Waals surface area contributed by atoms with Crippen LogP contribution < -0.4 is 0 Å². The van der Waals surface area contributed by atoms with Crippen molar-refractivity contribution in [3.05, 3.63) is 23.8 Å². The minimum atomic E-state index is 0.0174. The lowest BCUT2D eigenvalue weighted by Crippen LogP contribution is -2.32. The van der Waals surface area contributed by atoms with Crippen molar-refractivity contribution >= 4 is 5.78 Å². The number of allylic oxidation sites excluding steroid dienone is 4. The van der Waals surface area contributed by atoms with Crippen LogP contribution in [-0.4, -0.2) is 5.78 Å². The molecule has 0 aromatic rings. The maximum absolute atomic E-state index is 12.1. The van der Waals surface area contributed by atoms with Gasteiger partial charge in [0.25, 0.3) is 0 Å². The minimum Gasteiger partial charge on any atom is -0.298 e. The van der Waals surface area contributed by atoms with E-state index in [-0.39, 0.29) is 11.3 Å². The second-order valence-electron chi connectivity index (χ2n) is 4.70. The molecule has 0 aromatic heterocycles. The van der Waals surface area contributed by atoms with Crippen LogP contribution in [-0.2, 0) is 4.79 Å². The van der Waals surface area contributed by atoms with Crippen molar-refractivity contribution in [2.75, 3.05) is 0 Å². The lowest BCUT2D eigenvalue weighted by Gasteiger charge is -2.29. The van der Waals surface area contributed by atoms with E-state index in [4.69, 9.17) is 0 Å². The summed E-state index contributed by atoms with van der Waals surface area (Å²) in [6.07, 6.45) is 9.69. The molecule has 3 aliphatic rings. The Hall–Kier alpha value is -0.850. The number of fused-ring (bicyclic) bond motifs is 1. The summed E-state index contributed by atoms with van der Waals surface area (Å²) in [5.74, 6) is 1.34. The highest BCUT2D eigenvalue weighted by Crippen LogP contribution is 2.58. The van der Waals surface area contributed by atoms with Crippen molar-refractivity contribution in [2.24, 2.45) is 17.3 Å². The van der Waals surface area contributed by atoms with Crippen LogP contribution in [0.5, 0.6) is 0 Å². The third kappa shape index (κ3) is 0.714. The molecule has 1 spiro atoms. The fourth-order valence-electron chi connectivity index (χ4n) is 3.41. The molecule has 0 saturated heterocycles. The van der Waals surface area contributed by atoms with E-state index >= 15 is 0 Å². The van der Waals surface area contributed by atoms with Gasteiger partial charge in [0.2, 0.25) is 0 Å². The Balaban J connectivity index is 2.12. The van der Waals surface area contributed by atoms with E-state index in [0.717, 1.165) is 19.3 Å². The lowest BCUT2D eigenvalue weighted by molar-refractivity contribution is -0.128. The molecule has 1 heteroatoms. The molecule has 0 amide bonds. The van der Waals surface area contributed by atoms with Gasteiger partial charge in [-0.1, -0.05) is 23.8 Å². The van der Waals surface area contributed by atoms with Crippen molar-refractivity contribution in [1.82, 2.24) is 0 Å². The number of Topliss-reactive ketones (excluding diaryl/α,β-unsaturated/α-hetero) is 1. The molecule has 13 heavy (non-hydrogen) atoms. The third-order valence-electron chi connectivity index (χ3n) is 4.17. The minimum absolute atomic E-state index is 0.0174. The SMILES string of the molecule is CC1=CC[C@@]23CC=C[C@@H](C[C@H]12)C3=O. The van der Waals surface area contributed by atoms with Gasteiger partial charge in [0, 0.05) is 11.3 Å². The first-order chi connectivity index (χ1) is 6.24. The molecule has 3 rings (SSSR count). The Labute approximate surface area is 78.5 Å². The van der Waals surface area contributed by atoms with Crippen LogP contribution in [0, 0.1) is 17.3 Å². The summed E-state index contributed by atoms with van der Waals surface area (Å²) in [5, 5.41) is 0. The maximum atomic E-state index is 12.1. The first-order valence-corrected chi connectivity index (χ1v) is 5.12. The summed E-state index contributed by atoms with van der Waals surface area (Å²) in [5.41, 5.74) is 1.48. The summed E-state index contributed by atoms with van der Waals surface area (Å²) in [6.45, 7) is 2.19. The standard InChI is InChI=1S/C12H14O/c1-8-4-6-12-5-2-3-9(11(12)13)7-10(8)12/h2-4,9-10H,5-7H2,1H3/t9-,10+,12-/m0/s1. The van der Waals surface area contributed by atoms with E-state index in [9.17, 15) is 4.79 Å². The van der Waals surface area contributed by atoms with E-state index in [1.165, 1.54) is 5.57 Å². The number of rotatable bonds is 0. The van der Waals surface area contributed by atoms with Crippen molar-refractivity contribution in [1.29, 1.82) is 0 Å². The molecule has 1 nitrogen and oxygen atoms in total. The molecule has 0 aliphatic heterocycles. The molecule has 68 valence electrons. The lowest BCUT2D eigenvalue weighted by atomic mass is 9.73. The molecule has 0 radical (unpaired) electrons. The Kier molecular flexibility index (Phi) is 1.24. The molecule has 1 fully saturated rings. The fourth-order valence-corrected chi connectivity index (χ4v) is 3.41.